The molecule has 0 fully saturated rings. The summed E-state index contributed by atoms with van der Waals surface area (Å²) in [6.45, 7) is 4.64. The number of aromatic nitrogens is 10. The summed E-state index contributed by atoms with van der Waals surface area (Å²) < 4.78 is 0. The van der Waals surface area contributed by atoms with E-state index in [0.29, 0.717) is 52.4 Å². The first-order valence-corrected chi connectivity index (χ1v) is 50.5. The van der Waals surface area contributed by atoms with E-state index in [4.69, 9.17) is 49.8 Å². The molecule has 149 heavy (non-hydrogen) atoms. The van der Waals surface area contributed by atoms with E-state index in [1.807, 2.05) is 206 Å². The summed E-state index contributed by atoms with van der Waals surface area (Å²) >= 11 is 0. The van der Waals surface area contributed by atoms with Gasteiger partial charge in [0.05, 0.1) is 16.5 Å². The normalized spacial score (nSPS) is 12.7. The highest BCUT2D eigenvalue weighted by Gasteiger charge is 2.48. The molecule has 0 spiro atoms. The first-order valence-electron chi connectivity index (χ1n) is 50.5. The minimum atomic E-state index is -0.492. The van der Waals surface area contributed by atoms with Gasteiger partial charge < -0.3 is 0 Å². The zero-order chi connectivity index (χ0) is 99.6. The highest BCUT2D eigenvalue weighted by Crippen LogP contribution is 2.60. The zero-order valence-corrected chi connectivity index (χ0v) is 81.9. The molecule has 0 radical (unpaired) electrons. The third-order valence-corrected chi connectivity index (χ3v) is 29.2. The van der Waals surface area contributed by atoms with E-state index in [0.717, 1.165) is 106 Å². The van der Waals surface area contributed by atoms with Gasteiger partial charge in [-0.05, 0) is 206 Å². The van der Waals surface area contributed by atoms with Gasteiger partial charge in [0.15, 0.2) is 52.4 Å². The summed E-state index contributed by atoms with van der Waals surface area (Å²) in [4.78, 5) is 49.8. The second-order valence-corrected chi connectivity index (χ2v) is 38.4. The first kappa shape index (κ1) is 90.8. The molecular formula is C139H96N10. The van der Waals surface area contributed by atoms with Gasteiger partial charge in [0.2, 0.25) is 0 Å². The molecule has 10 nitrogen and oxygen atoms in total. The van der Waals surface area contributed by atoms with Gasteiger partial charge in [-0.25, -0.2) is 44.9 Å². The third kappa shape index (κ3) is 17.2. The summed E-state index contributed by atoms with van der Waals surface area (Å²) in [6, 6.07) is 190. The fraction of sp³-hybridized carbons (Fsp3) is 0.0360. The number of benzene rings is 20. The molecule has 702 valence electrons. The van der Waals surface area contributed by atoms with Crippen molar-refractivity contribution in [3.63, 3.8) is 0 Å². The quantitative estimate of drug-likeness (QED) is 0.0819. The highest BCUT2D eigenvalue weighted by molar-refractivity contribution is 5.93. The minimum absolute atomic E-state index is 0.0905. The van der Waals surface area contributed by atoms with Crippen molar-refractivity contribution in [2.45, 2.75) is 30.1 Å². The van der Waals surface area contributed by atoms with Crippen LogP contribution in [-0.2, 0) is 16.2 Å². The maximum absolute atomic E-state index is 5.13. The lowest BCUT2D eigenvalue weighted by Crippen LogP contribution is -2.28. The van der Waals surface area contributed by atoms with Crippen LogP contribution >= 0.6 is 0 Å². The Bertz CT molecular complexity index is 8790. The second kappa shape index (κ2) is 39.4. The predicted molar refractivity (Wildman–Crippen MR) is 606 cm³/mol. The Morgan fingerprint density at radius 2 is 0.356 bits per heavy atom. The lowest BCUT2D eigenvalue weighted by molar-refractivity contribution is 0.660. The Balaban J connectivity index is 0.000000116. The maximum atomic E-state index is 5.13. The van der Waals surface area contributed by atoms with Gasteiger partial charge in [-0.1, -0.05) is 481 Å². The monoisotopic (exact) mass is 1900 g/mol. The smallest absolute Gasteiger partial charge is 0.164 e. The SMILES string of the molecule is CC1(C)c2ccccc2-c2ccc(-c3cc(-c4ccccn4)cc(-c4nc(-c5ccccc5)nc(-c5ccccc5)n4)c3)cc21.c1ccc(-c2cc(-c3ccc4c(c3)C(c3ccccc3)(c3ccccc3)c3ccccc3-4)cc(-c3nc(-c4ccccc4)nc(-c4ccccc4)n3)c2)cc1.c1ccc(-c2nc(-c3ccccc3)nc(-c3cccc(-c4ccc5c(c4)C(c4ccccc4)(c4ccccc4)c4ccccc4-5)c3)n2)cc1. The molecule has 3 aliphatic rings. The van der Waals surface area contributed by atoms with E-state index in [1.165, 1.54) is 89.0 Å². The Morgan fingerprint density at radius 3 is 0.705 bits per heavy atom. The van der Waals surface area contributed by atoms with Gasteiger partial charge in [0, 0.05) is 67.2 Å². The van der Waals surface area contributed by atoms with Crippen molar-refractivity contribution >= 4 is 0 Å². The van der Waals surface area contributed by atoms with Crippen LogP contribution in [0, 0.1) is 0 Å². The van der Waals surface area contributed by atoms with E-state index in [1.54, 1.807) is 0 Å². The van der Waals surface area contributed by atoms with Gasteiger partial charge in [0.1, 0.15) is 0 Å². The van der Waals surface area contributed by atoms with Crippen LogP contribution in [0.1, 0.15) is 69.5 Å². The molecule has 4 aromatic heterocycles. The molecule has 27 rings (SSSR count). The summed E-state index contributed by atoms with van der Waals surface area (Å²) in [7, 11) is 0. The zero-order valence-electron chi connectivity index (χ0n) is 81.9. The summed E-state index contributed by atoms with van der Waals surface area (Å²) in [5.41, 5.74) is 38.8. The molecule has 24 aromatic rings. The van der Waals surface area contributed by atoms with Crippen LogP contribution in [0.25, 0.3) is 192 Å². The number of fused-ring (bicyclic) bond motifs is 9. The Labute approximate surface area is 867 Å². The van der Waals surface area contributed by atoms with Gasteiger partial charge in [-0.15, -0.1) is 0 Å². The molecule has 0 saturated carbocycles. The van der Waals surface area contributed by atoms with Crippen molar-refractivity contribution in [2.75, 3.05) is 0 Å². The largest absolute Gasteiger partial charge is 0.256 e. The van der Waals surface area contributed by atoms with E-state index in [9.17, 15) is 0 Å². The number of hydrogen-bond donors (Lipinski definition) is 0. The van der Waals surface area contributed by atoms with Crippen molar-refractivity contribution in [3.05, 3.63) is 602 Å². The molecule has 3 aliphatic carbocycles. The molecule has 0 bridgehead atoms. The molecule has 0 aliphatic heterocycles. The van der Waals surface area contributed by atoms with Crippen molar-refractivity contribution < 1.29 is 0 Å². The topological polar surface area (TPSA) is 129 Å². The van der Waals surface area contributed by atoms with E-state index < -0.39 is 10.8 Å². The first-order chi connectivity index (χ1) is 73.6. The van der Waals surface area contributed by atoms with Crippen molar-refractivity contribution in [3.8, 4) is 192 Å². The van der Waals surface area contributed by atoms with Gasteiger partial charge in [-0.3, -0.25) is 4.98 Å². The summed E-state index contributed by atoms with van der Waals surface area (Å²) in [5, 5.41) is 0. The lowest BCUT2D eigenvalue weighted by Gasteiger charge is -2.34. The van der Waals surface area contributed by atoms with E-state index >= 15 is 0 Å². The minimum Gasteiger partial charge on any atom is -0.256 e. The number of pyridine rings is 1. The standard InChI is InChI=1S/C52H35N3.C46H31N3.C41H30N4/c1-6-18-36(19-7-1)40-32-41(34-42(33-40)51-54-49(37-20-8-2-9-21-37)53-50(55-51)38-22-10-3-11-23-38)39-30-31-46-45-28-16-17-29-47(45)52(48(46)35-39,43-24-12-4-13-25-43)44-26-14-5-15-27-44;1-5-16-32(17-6-1)43-47-44(33-18-7-2-8-19-33)49-45(48-43)36-21-15-20-34(30-36)35-28-29-40-39-26-13-14-27-41(39)46(42(40)31-35,37-22-9-3-10-23-37)38-24-11-4-12-25-38;1-41(2)35-18-10-9-17-33(35)34-21-20-29(26-36(34)41)30-23-31(37-19-11-12-22-42-37)25-32(24-30)40-44-38(27-13-5-3-6-14-27)43-39(45-40)28-15-7-4-8-16-28/h1-35H;1-31H;3-26H,1-2H3. The van der Waals surface area contributed by atoms with Crippen molar-refractivity contribution in [2.24, 2.45) is 0 Å². The molecule has 0 N–H and O–H groups in total. The van der Waals surface area contributed by atoms with Crippen molar-refractivity contribution in [1.82, 2.24) is 49.8 Å². The Kier molecular flexibility index (Phi) is 24.0. The highest BCUT2D eigenvalue weighted by atomic mass is 15.1. The fourth-order valence-electron chi connectivity index (χ4n) is 22.1. The van der Waals surface area contributed by atoms with Crippen LogP contribution in [-0.4, -0.2) is 49.8 Å². The van der Waals surface area contributed by atoms with Crippen LogP contribution in [0.3, 0.4) is 0 Å². The molecule has 0 amide bonds. The number of hydrogen-bond acceptors (Lipinski definition) is 10. The Morgan fingerprint density at radius 1 is 0.134 bits per heavy atom. The summed E-state index contributed by atoms with van der Waals surface area (Å²) in [6.07, 6.45) is 1.83. The number of rotatable bonds is 18. The molecule has 0 saturated heterocycles. The third-order valence-electron chi connectivity index (χ3n) is 29.2. The van der Waals surface area contributed by atoms with Crippen LogP contribution < -0.4 is 0 Å². The fourth-order valence-corrected chi connectivity index (χ4v) is 22.1. The molecule has 0 atom stereocenters. The van der Waals surface area contributed by atoms with Gasteiger partial charge in [0.25, 0.3) is 0 Å². The molecule has 0 unspecified atom stereocenters. The molecular weight excluding hydrogens is 1810 g/mol. The average molecular weight is 1910 g/mol. The van der Waals surface area contributed by atoms with Crippen LogP contribution in [0.5, 0.6) is 0 Å². The van der Waals surface area contributed by atoms with Crippen LogP contribution in [0.2, 0.25) is 0 Å². The second-order valence-electron chi connectivity index (χ2n) is 38.4. The Hall–Kier alpha value is -19.4. The lowest BCUT2D eigenvalue weighted by atomic mass is 9.67. The van der Waals surface area contributed by atoms with Crippen molar-refractivity contribution in [1.29, 1.82) is 0 Å². The van der Waals surface area contributed by atoms with Gasteiger partial charge in [-0.2, -0.15) is 0 Å². The molecule has 10 heteroatoms. The summed E-state index contributed by atoms with van der Waals surface area (Å²) in [5.74, 6) is 5.76. The van der Waals surface area contributed by atoms with Crippen LogP contribution in [0.4, 0.5) is 0 Å². The predicted octanol–water partition coefficient (Wildman–Crippen LogP) is 33.4. The molecule has 4 heterocycles. The van der Waals surface area contributed by atoms with E-state index in [2.05, 4.69) is 354 Å². The van der Waals surface area contributed by atoms with E-state index in [-0.39, 0.29) is 5.41 Å². The van der Waals surface area contributed by atoms with Gasteiger partial charge >= 0.3 is 0 Å². The number of nitrogens with zero attached hydrogens (tertiary/aromatic N) is 10. The molecule has 20 aromatic carbocycles. The maximum Gasteiger partial charge on any atom is 0.164 e. The van der Waals surface area contributed by atoms with Crippen LogP contribution in [0.15, 0.2) is 546 Å². The average Bonchev–Trinajstić information content (AvgIpc) is 1.54.